The van der Waals surface area contributed by atoms with E-state index >= 15 is 0 Å². The van der Waals surface area contributed by atoms with Gasteiger partial charge in [0.25, 0.3) is 0 Å². The third kappa shape index (κ3) is 18.6. The van der Waals surface area contributed by atoms with Crippen LogP contribution in [0.4, 0.5) is 0 Å². The van der Waals surface area contributed by atoms with E-state index < -0.39 is 0 Å². The summed E-state index contributed by atoms with van der Waals surface area (Å²) in [5, 5.41) is 0. The molecular weight excluding hydrogens is 373 g/mol. The van der Waals surface area contributed by atoms with Crippen molar-refractivity contribution in [2.45, 2.75) is 44.9 Å². The average Bonchev–Trinajstić information content (AvgIpc) is 2.38. The normalized spacial score (nSPS) is 10.0. The molecule has 6 heteroatoms. The van der Waals surface area contributed by atoms with Crippen molar-refractivity contribution in [1.82, 2.24) is 0 Å². The Morgan fingerprint density at radius 3 is 1.67 bits per heavy atom. The van der Waals surface area contributed by atoms with Gasteiger partial charge in [-0.3, -0.25) is 0 Å². The molecule has 132 valence electrons. The largest absolute Gasteiger partial charge is 1.00 e. The molecule has 0 aliphatic heterocycles. The van der Waals surface area contributed by atoms with Crippen LogP contribution in [0.2, 0.25) is 0 Å². The van der Waals surface area contributed by atoms with Crippen molar-refractivity contribution in [1.29, 1.82) is 0 Å². The lowest BCUT2D eigenvalue weighted by Gasteiger charge is -2.34. The summed E-state index contributed by atoms with van der Waals surface area (Å²) in [6.07, 6.45) is 10.7. The number of halogens is 3. The van der Waals surface area contributed by atoms with Gasteiger partial charge in [-0.25, -0.2) is 0 Å². The maximum atomic E-state index is 5.63. The van der Waals surface area contributed by atoms with Crippen LogP contribution in [-0.4, -0.2) is 44.3 Å². The number of nitrogens with zero attached hydrogens (tertiary/aromatic N) is 1. The third-order valence-corrected chi connectivity index (χ3v) is 3.66. The first-order valence-electron chi connectivity index (χ1n) is 7.53. The second-order valence-corrected chi connectivity index (χ2v) is 5.57. The van der Waals surface area contributed by atoms with Crippen molar-refractivity contribution in [3.63, 3.8) is 0 Å². The molecule has 0 radical (unpaired) electrons. The smallest absolute Gasteiger partial charge is 0.0796 e. The summed E-state index contributed by atoms with van der Waals surface area (Å²) < 4.78 is 1.15. The molecule has 0 fully saturated rings. The van der Waals surface area contributed by atoms with Crippen LogP contribution in [-0.2, 0) is 0 Å². The summed E-state index contributed by atoms with van der Waals surface area (Å²) in [5.74, 6) is 0. The number of quaternary nitrogens is 1. The fraction of sp³-hybridized carbons (Fsp3) is 0.867. The van der Waals surface area contributed by atoms with Crippen LogP contribution in [0.25, 0.3) is 0 Å². The molecule has 0 aromatic heterocycles. The zero-order valence-electron chi connectivity index (χ0n) is 13.6. The van der Waals surface area contributed by atoms with Gasteiger partial charge in [0.15, 0.2) is 0 Å². The Morgan fingerprint density at radius 2 is 1.24 bits per heavy atom. The van der Waals surface area contributed by atoms with E-state index in [0.717, 1.165) is 36.8 Å². The van der Waals surface area contributed by atoms with Crippen molar-refractivity contribution in [3.05, 3.63) is 12.7 Å². The Hall–Kier alpha value is 0.680. The summed E-state index contributed by atoms with van der Waals surface area (Å²) in [5.41, 5.74) is 11.3. The van der Waals surface area contributed by atoms with Crippen molar-refractivity contribution >= 4 is 24.8 Å². The van der Waals surface area contributed by atoms with Crippen LogP contribution in [0.3, 0.4) is 0 Å². The van der Waals surface area contributed by atoms with E-state index in [1.807, 2.05) is 6.08 Å². The number of unbranched alkanes of at least 4 members (excludes halogenated alkanes) is 4. The lowest BCUT2D eigenvalue weighted by atomic mass is 10.1. The second kappa shape index (κ2) is 20.7. The average molecular weight is 409 g/mol. The number of hydrogen-bond donors (Lipinski definition) is 2. The minimum absolute atomic E-state index is 0. The van der Waals surface area contributed by atoms with E-state index in [2.05, 4.69) is 13.6 Å². The van der Waals surface area contributed by atoms with E-state index in [-0.39, 0.29) is 41.8 Å². The van der Waals surface area contributed by atoms with Gasteiger partial charge in [0.2, 0.25) is 0 Å². The van der Waals surface area contributed by atoms with Crippen LogP contribution < -0.4 is 28.4 Å². The Kier molecular flexibility index (Phi) is 29.2. The first-order valence-corrected chi connectivity index (χ1v) is 7.53. The van der Waals surface area contributed by atoms with Crippen LogP contribution in [0.1, 0.15) is 44.9 Å². The van der Waals surface area contributed by atoms with Gasteiger partial charge in [0, 0.05) is 12.8 Å². The zero-order chi connectivity index (χ0) is 13.7. The van der Waals surface area contributed by atoms with Crippen LogP contribution in [0.5, 0.6) is 0 Å². The number of nitrogens with two attached hydrogens (primary N) is 2. The van der Waals surface area contributed by atoms with Crippen molar-refractivity contribution in [3.8, 4) is 0 Å². The topological polar surface area (TPSA) is 52.0 Å². The summed E-state index contributed by atoms with van der Waals surface area (Å²) in [6.45, 7) is 9.03. The van der Waals surface area contributed by atoms with E-state index in [9.17, 15) is 0 Å². The SMILES string of the molecule is C=CCCCCCC[N+](C)(CCCN)CCCN.Cl.Cl.[Br-]. The highest BCUT2D eigenvalue weighted by Crippen LogP contribution is 2.11. The van der Waals surface area contributed by atoms with Gasteiger partial charge in [-0.2, -0.15) is 0 Å². The summed E-state index contributed by atoms with van der Waals surface area (Å²) in [6, 6.07) is 0. The lowest BCUT2D eigenvalue weighted by Crippen LogP contribution is -3.00. The first kappa shape index (κ1) is 29.7. The van der Waals surface area contributed by atoms with Crippen molar-refractivity contribution in [2.24, 2.45) is 11.5 Å². The van der Waals surface area contributed by atoms with Gasteiger partial charge in [0.1, 0.15) is 0 Å². The van der Waals surface area contributed by atoms with E-state index in [0.29, 0.717) is 0 Å². The maximum Gasteiger partial charge on any atom is 0.0796 e. The van der Waals surface area contributed by atoms with Gasteiger partial charge in [-0.15, -0.1) is 31.4 Å². The second-order valence-electron chi connectivity index (χ2n) is 5.57. The molecule has 0 amide bonds. The molecule has 0 aliphatic carbocycles. The summed E-state index contributed by atoms with van der Waals surface area (Å²) in [4.78, 5) is 0. The molecule has 0 saturated carbocycles. The number of hydrogen-bond acceptors (Lipinski definition) is 2. The van der Waals surface area contributed by atoms with E-state index in [1.165, 1.54) is 45.3 Å². The third-order valence-electron chi connectivity index (χ3n) is 3.66. The van der Waals surface area contributed by atoms with Gasteiger partial charge in [-0.1, -0.05) is 12.5 Å². The molecule has 0 aromatic rings. The van der Waals surface area contributed by atoms with Gasteiger partial charge < -0.3 is 32.9 Å². The van der Waals surface area contributed by atoms with Crippen LogP contribution in [0.15, 0.2) is 12.7 Å². The molecule has 0 aromatic carbocycles. The molecule has 0 rings (SSSR count). The molecule has 0 saturated heterocycles. The fourth-order valence-corrected chi connectivity index (χ4v) is 2.42. The molecule has 0 spiro atoms. The summed E-state index contributed by atoms with van der Waals surface area (Å²) in [7, 11) is 2.36. The Bertz CT molecular complexity index is 199. The molecule has 4 N–H and O–H groups in total. The highest BCUT2D eigenvalue weighted by molar-refractivity contribution is 5.85. The molecule has 21 heavy (non-hydrogen) atoms. The maximum absolute atomic E-state index is 5.63. The zero-order valence-corrected chi connectivity index (χ0v) is 16.8. The van der Waals surface area contributed by atoms with Crippen molar-refractivity contribution < 1.29 is 21.5 Å². The van der Waals surface area contributed by atoms with Crippen LogP contribution in [0, 0.1) is 0 Å². The highest BCUT2D eigenvalue weighted by Gasteiger charge is 2.19. The standard InChI is InChI=1S/C15H34N3.BrH.2ClH/c1-3-4-5-6-7-8-13-18(2,14-9-11-16)15-10-12-17;;;/h3H,1,4-17H2,2H3;3*1H/q+1;;;/p-1. The molecule has 0 bridgehead atoms. The quantitative estimate of drug-likeness (QED) is 0.258. The minimum Gasteiger partial charge on any atom is -1.00 e. The van der Waals surface area contributed by atoms with Gasteiger partial charge in [0.05, 0.1) is 26.7 Å². The van der Waals surface area contributed by atoms with Gasteiger partial charge >= 0.3 is 0 Å². The minimum atomic E-state index is 0. The molecule has 0 unspecified atom stereocenters. The lowest BCUT2D eigenvalue weighted by molar-refractivity contribution is -0.910. The predicted octanol–water partition coefficient (Wildman–Crippen LogP) is 0.115. The van der Waals surface area contributed by atoms with E-state index in [1.54, 1.807) is 0 Å². The molecular formula is C15H36BrCl2N3. The molecule has 0 atom stereocenters. The van der Waals surface area contributed by atoms with Crippen LogP contribution >= 0.6 is 24.8 Å². The summed E-state index contributed by atoms with van der Waals surface area (Å²) >= 11 is 0. The Morgan fingerprint density at radius 1 is 0.810 bits per heavy atom. The highest BCUT2D eigenvalue weighted by atomic mass is 79.9. The van der Waals surface area contributed by atoms with Gasteiger partial charge in [-0.05, 0) is 38.8 Å². The molecule has 3 nitrogen and oxygen atoms in total. The molecule has 0 aliphatic rings. The predicted molar refractivity (Wildman–Crippen MR) is 95.9 cm³/mol. The van der Waals surface area contributed by atoms with E-state index in [4.69, 9.17) is 11.5 Å². The monoisotopic (exact) mass is 407 g/mol. The first-order chi connectivity index (χ1) is 8.68. The van der Waals surface area contributed by atoms with Crippen molar-refractivity contribution in [2.75, 3.05) is 39.8 Å². The number of allylic oxidation sites excluding steroid dienone is 1. The number of rotatable bonds is 13. The Labute approximate surface area is 155 Å². The fourth-order valence-electron chi connectivity index (χ4n) is 2.42. The molecule has 0 heterocycles. The Balaban J connectivity index is -0.000000482.